The summed E-state index contributed by atoms with van der Waals surface area (Å²) in [4.78, 5) is 24.9. The van der Waals surface area contributed by atoms with Gasteiger partial charge in [0, 0.05) is 37.0 Å². The van der Waals surface area contributed by atoms with Crippen molar-refractivity contribution in [1.82, 2.24) is 14.9 Å². The average Bonchev–Trinajstić information content (AvgIpc) is 2.91. The van der Waals surface area contributed by atoms with E-state index in [1.165, 1.54) is 17.5 Å². The second-order valence-corrected chi connectivity index (χ2v) is 9.28. The molecule has 0 saturated carbocycles. The minimum absolute atomic E-state index is 0.207. The number of hydrogen-bond acceptors (Lipinski definition) is 8. The van der Waals surface area contributed by atoms with Gasteiger partial charge in [-0.15, -0.1) is 0 Å². The molecule has 0 aliphatic carbocycles. The Labute approximate surface area is 215 Å². The third-order valence-electron chi connectivity index (χ3n) is 6.59. The van der Waals surface area contributed by atoms with Crippen LogP contribution in [-0.2, 0) is 16.0 Å². The number of aliphatic hydroxyl groups excluding tert-OH is 1. The Hall–Kier alpha value is -4.00. The Bertz CT molecular complexity index is 1290. The lowest BCUT2D eigenvalue weighted by Crippen LogP contribution is -2.58. The van der Waals surface area contributed by atoms with Crippen molar-refractivity contribution in [2.75, 3.05) is 44.3 Å². The van der Waals surface area contributed by atoms with Crippen LogP contribution in [0.4, 0.5) is 5.69 Å². The fraction of sp³-hybridized carbons (Fsp3) is 0.357. The minimum Gasteiger partial charge on any atom is -0.485 e. The van der Waals surface area contributed by atoms with Crippen molar-refractivity contribution < 1.29 is 19.4 Å². The summed E-state index contributed by atoms with van der Waals surface area (Å²) < 4.78 is 11.4. The highest BCUT2D eigenvalue weighted by Crippen LogP contribution is 2.28. The fourth-order valence-electron chi connectivity index (χ4n) is 4.49. The Morgan fingerprint density at radius 2 is 1.95 bits per heavy atom. The monoisotopic (exact) mass is 499 g/mol. The molecule has 9 heteroatoms. The molecule has 2 aromatic carbocycles. The van der Waals surface area contributed by atoms with Gasteiger partial charge in [0.05, 0.1) is 37.6 Å². The Balaban J connectivity index is 1.24. The van der Waals surface area contributed by atoms with Crippen molar-refractivity contribution in [3.63, 3.8) is 0 Å². The van der Waals surface area contributed by atoms with E-state index in [0.717, 1.165) is 43.1 Å². The van der Waals surface area contributed by atoms with Crippen LogP contribution >= 0.6 is 0 Å². The number of likely N-dealkylation sites (tertiary alicyclic amines) is 1. The number of carbonyl (C=O) groups is 1. The Morgan fingerprint density at radius 3 is 2.65 bits per heavy atom. The number of aliphatic hydroxyl groups is 1. The van der Waals surface area contributed by atoms with Gasteiger partial charge in [-0.2, -0.15) is 5.26 Å². The molecule has 2 fully saturated rings. The molecule has 1 atom stereocenters. The minimum atomic E-state index is -1.03. The average molecular weight is 500 g/mol. The summed E-state index contributed by atoms with van der Waals surface area (Å²) >= 11 is 0. The Kier molecular flexibility index (Phi) is 7.30. The van der Waals surface area contributed by atoms with Gasteiger partial charge in [0.25, 0.3) is 5.91 Å². The highest BCUT2D eigenvalue weighted by Gasteiger charge is 2.34. The molecular formula is C28H29N5O4. The molecule has 9 nitrogen and oxygen atoms in total. The van der Waals surface area contributed by atoms with E-state index in [0.29, 0.717) is 36.6 Å². The molecule has 0 bridgehead atoms. The van der Waals surface area contributed by atoms with Crippen LogP contribution in [0.3, 0.4) is 0 Å². The molecule has 0 unspecified atom stereocenters. The molecule has 0 spiro atoms. The largest absolute Gasteiger partial charge is 0.485 e. The fourth-order valence-corrected chi connectivity index (χ4v) is 4.49. The van der Waals surface area contributed by atoms with E-state index in [-0.39, 0.29) is 12.0 Å². The zero-order valence-electron chi connectivity index (χ0n) is 20.7. The highest BCUT2D eigenvalue weighted by atomic mass is 16.5. The predicted molar refractivity (Wildman–Crippen MR) is 137 cm³/mol. The maximum absolute atomic E-state index is 11.8. The first-order chi connectivity index (χ1) is 18.0. The molecule has 5 rings (SSSR count). The van der Waals surface area contributed by atoms with Crippen LogP contribution in [0.1, 0.15) is 23.9 Å². The molecule has 1 aromatic heterocycles. The number of anilines is 1. The maximum Gasteiger partial charge on any atom is 0.251 e. The number of benzene rings is 2. The molecule has 1 amide bonds. The molecule has 2 saturated heterocycles. The normalized spacial score (nSPS) is 16.6. The van der Waals surface area contributed by atoms with E-state index in [4.69, 9.17) is 14.5 Å². The van der Waals surface area contributed by atoms with Gasteiger partial charge in [-0.1, -0.05) is 12.1 Å². The quantitative estimate of drug-likeness (QED) is 0.528. The molecule has 190 valence electrons. The van der Waals surface area contributed by atoms with Crippen LogP contribution in [0.15, 0.2) is 54.7 Å². The zero-order valence-corrected chi connectivity index (χ0v) is 20.7. The van der Waals surface area contributed by atoms with Gasteiger partial charge in [0.2, 0.25) is 0 Å². The van der Waals surface area contributed by atoms with Crippen LogP contribution in [-0.4, -0.2) is 77.5 Å². The van der Waals surface area contributed by atoms with Gasteiger partial charge >= 0.3 is 0 Å². The first-order valence-corrected chi connectivity index (χ1v) is 12.4. The topological polar surface area (TPSA) is 112 Å². The third-order valence-corrected chi connectivity index (χ3v) is 6.59. The van der Waals surface area contributed by atoms with Crippen molar-refractivity contribution in [2.24, 2.45) is 0 Å². The van der Waals surface area contributed by atoms with Crippen LogP contribution in [0.2, 0.25) is 0 Å². The van der Waals surface area contributed by atoms with E-state index < -0.39 is 6.10 Å². The summed E-state index contributed by atoms with van der Waals surface area (Å²) in [5, 5.41) is 19.1. The van der Waals surface area contributed by atoms with Crippen molar-refractivity contribution in [3.05, 3.63) is 71.7 Å². The number of rotatable bonds is 7. The van der Waals surface area contributed by atoms with Crippen molar-refractivity contribution in [3.8, 4) is 23.1 Å². The number of amides is 1. The van der Waals surface area contributed by atoms with Gasteiger partial charge < -0.3 is 24.4 Å². The lowest BCUT2D eigenvalue weighted by molar-refractivity contribution is -0.148. The van der Waals surface area contributed by atoms with Crippen LogP contribution < -0.4 is 9.64 Å². The second kappa shape index (κ2) is 10.9. The molecule has 2 aliphatic rings. The number of carbonyl (C=O) groups excluding carboxylic acids is 1. The molecule has 37 heavy (non-hydrogen) atoms. The van der Waals surface area contributed by atoms with Crippen molar-refractivity contribution in [2.45, 2.75) is 25.6 Å². The van der Waals surface area contributed by atoms with Gasteiger partial charge in [0.1, 0.15) is 29.9 Å². The number of ether oxygens (including phenoxy) is 2. The van der Waals surface area contributed by atoms with Crippen LogP contribution in [0, 0.1) is 11.3 Å². The SMILES string of the molecule is C[C@H](O)C(=O)N1CC(Oc2ccc(-c3ccnc(Cc4ccc(N5CCOCC5)cc4)n3)cc2C#N)C1. The second-order valence-electron chi connectivity index (χ2n) is 9.28. The number of hydrogen-bond donors (Lipinski definition) is 1. The van der Waals surface area contributed by atoms with Gasteiger partial charge in [0.15, 0.2) is 0 Å². The highest BCUT2D eigenvalue weighted by molar-refractivity contribution is 5.81. The molecule has 2 aliphatic heterocycles. The van der Waals surface area contributed by atoms with Crippen molar-refractivity contribution in [1.29, 1.82) is 5.26 Å². The molecule has 3 aromatic rings. The Morgan fingerprint density at radius 1 is 1.19 bits per heavy atom. The molecular weight excluding hydrogens is 470 g/mol. The van der Waals surface area contributed by atoms with Crippen molar-refractivity contribution >= 4 is 11.6 Å². The maximum atomic E-state index is 11.8. The predicted octanol–water partition coefficient (Wildman–Crippen LogP) is 2.41. The van der Waals surface area contributed by atoms with E-state index >= 15 is 0 Å². The molecule has 1 N–H and O–H groups in total. The van der Waals surface area contributed by atoms with Gasteiger partial charge in [-0.3, -0.25) is 4.79 Å². The van der Waals surface area contributed by atoms with Gasteiger partial charge in [-0.25, -0.2) is 9.97 Å². The smallest absolute Gasteiger partial charge is 0.251 e. The third kappa shape index (κ3) is 5.71. The summed E-state index contributed by atoms with van der Waals surface area (Å²) in [7, 11) is 0. The first kappa shape index (κ1) is 24.7. The number of nitriles is 1. The van der Waals surface area contributed by atoms with E-state index in [9.17, 15) is 15.2 Å². The summed E-state index contributed by atoms with van der Waals surface area (Å²) in [6, 6.07) is 17.9. The summed E-state index contributed by atoms with van der Waals surface area (Å²) in [5.74, 6) is 0.853. The van der Waals surface area contributed by atoms with Crippen LogP contribution in [0.25, 0.3) is 11.3 Å². The number of aromatic nitrogens is 2. The van der Waals surface area contributed by atoms with Crippen LogP contribution in [0.5, 0.6) is 5.75 Å². The number of nitrogens with zero attached hydrogens (tertiary/aromatic N) is 5. The van der Waals surface area contributed by atoms with E-state index in [2.05, 4.69) is 40.2 Å². The number of morpholine rings is 1. The molecule has 0 radical (unpaired) electrons. The summed E-state index contributed by atoms with van der Waals surface area (Å²) in [5.41, 5.74) is 4.25. The zero-order chi connectivity index (χ0) is 25.8. The summed E-state index contributed by atoms with van der Waals surface area (Å²) in [6.07, 6.45) is 1.11. The molecule has 3 heterocycles. The standard InChI is InChI=1S/C28H29N5O4/c1-19(34)28(35)33-17-24(18-33)37-26-7-4-21(15-22(26)16-29)25-8-9-30-27(31-25)14-20-2-5-23(6-3-20)32-10-12-36-13-11-32/h2-9,15,19,24,34H,10-14,17-18H2,1H3/t19-/m0/s1. The van der Waals surface area contributed by atoms with E-state index in [1.807, 2.05) is 12.1 Å². The summed E-state index contributed by atoms with van der Waals surface area (Å²) in [6.45, 7) is 5.55. The lowest BCUT2D eigenvalue weighted by atomic mass is 10.1. The van der Waals surface area contributed by atoms with Gasteiger partial charge in [-0.05, 0) is 48.9 Å². The van der Waals surface area contributed by atoms with E-state index in [1.54, 1.807) is 18.3 Å². The first-order valence-electron chi connectivity index (χ1n) is 12.4. The lowest BCUT2D eigenvalue weighted by Gasteiger charge is -2.39.